The topological polar surface area (TPSA) is 3.24 Å². The minimum Gasteiger partial charge on any atom is -0.310 e. The van der Waals surface area contributed by atoms with Crippen LogP contribution in [0.25, 0.3) is 84.5 Å². The molecule has 0 unspecified atom stereocenters. The second-order valence-electron chi connectivity index (χ2n) is 14.1. The van der Waals surface area contributed by atoms with Crippen molar-refractivity contribution < 1.29 is 0 Å². The summed E-state index contributed by atoms with van der Waals surface area (Å²) in [6.07, 6.45) is 0. The van der Waals surface area contributed by atoms with Crippen LogP contribution < -0.4 is 4.90 Å². The van der Waals surface area contributed by atoms with Crippen LogP contribution in [0, 0.1) is 0 Å². The van der Waals surface area contributed by atoms with Gasteiger partial charge in [-0.1, -0.05) is 140 Å². The summed E-state index contributed by atoms with van der Waals surface area (Å²) in [6.45, 7) is 0. The Morgan fingerprint density at radius 1 is 0.309 bits per heavy atom. The second-order valence-corrected chi connectivity index (χ2v) is 16.2. The number of nitrogens with zero attached hydrogens (tertiary/aromatic N) is 1. The van der Waals surface area contributed by atoms with E-state index in [4.69, 9.17) is 0 Å². The molecule has 11 aromatic rings. The van der Waals surface area contributed by atoms with Crippen LogP contribution >= 0.6 is 22.7 Å². The fraction of sp³-hybridized carbons (Fsp3) is 0. The molecule has 55 heavy (non-hydrogen) atoms. The molecule has 0 aliphatic rings. The highest BCUT2D eigenvalue weighted by Gasteiger charge is 2.20. The molecule has 258 valence electrons. The van der Waals surface area contributed by atoms with Crippen LogP contribution in [0.4, 0.5) is 17.1 Å². The Kier molecular flexibility index (Phi) is 7.61. The van der Waals surface area contributed by atoms with Gasteiger partial charge in [-0.15, -0.1) is 22.7 Å². The average molecular weight is 736 g/mol. The number of fused-ring (bicyclic) bond motifs is 7. The predicted molar refractivity (Wildman–Crippen MR) is 241 cm³/mol. The largest absolute Gasteiger partial charge is 0.310 e. The summed E-state index contributed by atoms with van der Waals surface area (Å²) in [4.78, 5) is 2.43. The molecular weight excluding hydrogens is 703 g/mol. The van der Waals surface area contributed by atoms with Crippen molar-refractivity contribution in [3.05, 3.63) is 200 Å². The maximum Gasteiger partial charge on any atom is 0.0540 e. The first-order valence-corrected chi connectivity index (χ1v) is 20.3. The van der Waals surface area contributed by atoms with Gasteiger partial charge in [-0.05, 0) is 99.3 Å². The van der Waals surface area contributed by atoms with Crippen molar-refractivity contribution in [3.63, 3.8) is 0 Å². The maximum absolute atomic E-state index is 2.43. The Labute approximate surface area is 327 Å². The van der Waals surface area contributed by atoms with Crippen molar-refractivity contribution >= 4 is 90.9 Å². The molecule has 2 aromatic heterocycles. The summed E-state index contributed by atoms with van der Waals surface area (Å²) in [5, 5.41) is 7.76. The molecule has 9 aromatic carbocycles. The third-order valence-corrected chi connectivity index (χ3v) is 13.2. The molecule has 1 nitrogen and oxygen atoms in total. The van der Waals surface area contributed by atoms with Gasteiger partial charge < -0.3 is 4.90 Å². The van der Waals surface area contributed by atoms with Gasteiger partial charge in [0.15, 0.2) is 0 Å². The van der Waals surface area contributed by atoms with E-state index in [2.05, 4.69) is 205 Å². The standard InChI is InChI=1S/C52H33NS2/c1-2-16-40-34(12-1)13-10-21-42(40)43-17-3-6-22-47(43)53(38-29-26-35(27-30-38)41-20-11-25-51-52(41)45-19-5-8-24-49(45)55-51)39-15-9-14-36(32-39)37-28-31-50-46(33-37)44-18-4-7-23-48(44)54-50/h1-33H. The molecule has 3 heteroatoms. The molecule has 0 fully saturated rings. The zero-order valence-corrected chi connectivity index (χ0v) is 31.4. The Morgan fingerprint density at radius 3 is 1.78 bits per heavy atom. The zero-order valence-electron chi connectivity index (χ0n) is 29.8. The van der Waals surface area contributed by atoms with Gasteiger partial charge in [-0.2, -0.15) is 0 Å². The fourth-order valence-corrected chi connectivity index (χ4v) is 10.5. The lowest BCUT2D eigenvalue weighted by Gasteiger charge is -2.29. The third-order valence-electron chi connectivity index (χ3n) is 10.9. The minimum absolute atomic E-state index is 1.11. The number of anilines is 3. The average Bonchev–Trinajstić information content (AvgIpc) is 3.82. The lowest BCUT2D eigenvalue weighted by molar-refractivity contribution is 1.28. The molecule has 0 radical (unpaired) electrons. The van der Waals surface area contributed by atoms with Crippen LogP contribution in [0.5, 0.6) is 0 Å². The van der Waals surface area contributed by atoms with Crippen LogP contribution in [0.1, 0.15) is 0 Å². The lowest BCUT2D eigenvalue weighted by atomic mass is 9.95. The van der Waals surface area contributed by atoms with Crippen molar-refractivity contribution in [1.29, 1.82) is 0 Å². The quantitative estimate of drug-likeness (QED) is 0.164. The summed E-state index contributed by atoms with van der Waals surface area (Å²) in [5.74, 6) is 0. The van der Waals surface area contributed by atoms with Gasteiger partial charge in [0.1, 0.15) is 0 Å². The van der Waals surface area contributed by atoms with E-state index in [0.29, 0.717) is 0 Å². The molecular formula is C52H33NS2. The number of thiophene rings is 2. The number of rotatable bonds is 6. The summed E-state index contributed by atoms with van der Waals surface area (Å²) >= 11 is 3.73. The maximum atomic E-state index is 2.43. The van der Waals surface area contributed by atoms with E-state index in [-0.39, 0.29) is 0 Å². The van der Waals surface area contributed by atoms with Gasteiger partial charge in [-0.25, -0.2) is 0 Å². The third kappa shape index (κ3) is 5.43. The number of benzene rings is 9. The van der Waals surface area contributed by atoms with E-state index >= 15 is 0 Å². The van der Waals surface area contributed by atoms with E-state index < -0.39 is 0 Å². The normalized spacial score (nSPS) is 11.6. The number of para-hydroxylation sites is 1. The van der Waals surface area contributed by atoms with Crippen LogP contribution in [0.2, 0.25) is 0 Å². The van der Waals surface area contributed by atoms with E-state index in [0.717, 1.165) is 17.1 Å². The van der Waals surface area contributed by atoms with Gasteiger partial charge in [0.25, 0.3) is 0 Å². The lowest BCUT2D eigenvalue weighted by Crippen LogP contribution is -2.11. The monoisotopic (exact) mass is 735 g/mol. The Bertz CT molecular complexity index is 3220. The Morgan fingerprint density at radius 2 is 0.891 bits per heavy atom. The highest BCUT2D eigenvalue weighted by Crippen LogP contribution is 2.45. The van der Waals surface area contributed by atoms with E-state index in [1.165, 1.54) is 84.5 Å². The van der Waals surface area contributed by atoms with Crippen molar-refractivity contribution in [2.45, 2.75) is 0 Å². The molecule has 0 spiro atoms. The van der Waals surface area contributed by atoms with Crippen LogP contribution in [-0.2, 0) is 0 Å². The van der Waals surface area contributed by atoms with E-state index in [1.807, 2.05) is 22.7 Å². The van der Waals surface area contributed by atoms with Crippen molar-refractivity contribution in [2.75, 3.05) is 4.90 Å². The van der Waals surface area contributed by atoms with Crippen LogP contribution in [0.3, 0.4) is 0 Å². The summed E-state index contributed by atoms with van der Waals surface area (Å²) in [6, 6.07) is 73.5. The molecule has 0 aliphatic heterocycles. The first-order valence-electron chi connectivity index (χ1n) is 18.7. The molecule has 0 amide bonds. The highest BCUT2D eigenvalue weighted by molar-refractivity contribution is 7.26. The zero-order chi connectivity index (χ0) is 36.3. The Balaban J connectivity index is 1.09. The Hall–Kier alpha value is -6.52. The van der Waals surface area contributed by atoms with Crippen molar-refractivity contribution in [3.8, 4) is 33.4 Å². The predicted octanol–water partition coefficient (Wildman–Crippen LogP) is 16.0. The van der Waals surface area contributed by atoms with Crippen molar-refractivity contribution in [1.82, 2.24) is 0 Å². The smallest absolute Gasteiger partial charge is 0.0540 e. The second kappa shape index (κ2) is 13.1. The number of hydrogen-bond donors (Lipinski definition) is 0. The molecule has 0 saturated carbocycles. The molecule has 0 N–H and O–H groups in total. The van der Waals surface area contributed by atoms with E-state index in [1.54, 1.807) is 0 Å². The van der Waals surface area contributed by atoms with Gasteiger partial charge in [0.05, 0.1) is 5.69 Å². The molecule has 0 bridgehead atoms. The summed E-state index contributed by atoms with van der Waals surface area (Å²) in [5.41, 5.74) is 10.6. The van der Waals surface area contributed by atoms with Crippen LogP contribution in [-0.4, -0.2) is 0 Å². The fourth-order valence-electron chi connectivity index (χ4n) is 8.32. The molecule has 2 heterocycles. The number of hydrogen-bond acceptors (Lipinski definition) is 3. The summed E-state index contributed by atoms with van der Waals surface area (Å²) in [7, 11) is 0. The first-order chi connectivity index (χ1) is 27.3. The highest BCUT2D eigenvalue weighted by atomic mass is 32.1. The molecule has 0 atom stereocenters. The van der Waals surface area contributed by atoms with Gasteiger partial charge in [-0.3, -0.25) is 0 Å². The first kappa shape index (κ1) is 32.0. The SMILES string of the molecule is c1cc(-c2ccc3sc4ccccc4c3c2)cc(N(c2ccc(-c3cccc4sc5ccccc5c34)cc2)c2ccccc2-c2cccc3ccccc23)c1. The van der Waals surface area contributed by atoms with Gasteiger partial charge in [0.2, 0.25) is 0 Å². The molecule has 0 saturated heterocycles. The van der Waals surface area contributed by atoms with Crippen molar-refractivity contribution in [2.24, 2.45) is 0 Å². The molecule has 11 rings (SSSR count). The van der Waals surface area contributed by atoms with Gasteiger partial charge in [0, 0.05) is 57.3 Å². The summed E-state index contributed by atoms with van der Waals surface area (Å²) < 4.78 is 5.28. The minimum atomic E-state index is 1.11. The van der Waals surface area contributed by atoms with Gasteiger partial charge >= 0.3 is 0 Å². The van der Waals surface area contributed by atoms with E-state index in [9.17, 15) is 0 Å². The van der Waals surface area contributed by atoms with Crippen LogP contribution in [0.15, 0.2) is 200 Å². The molecule has 0 aliphatic carbocycles.